The Hall–Kier alpha value is -0.770. The summed E-state index contributed by atoms with van der Waals surface area (Å²) in [6, 6.07) is 0.661. The summed E-state index contributed by atoms with van der Waals surface area (Å²) in [6.07, 6.45) is 1.14. The summed E-state index contributed by atoms with van der Waals surface area (Å²) >= 11 is 0. The van der Waals surface area contributed by atoms with E-state index in [4.69, 9.17) is 0 Å². The van der Waals surface area contributed by atoms with Gasteiger partial charge < -0.3 is 15.1 Å². The van der Waals surface area contributed by atoms with Crippen LogP contribution in [0.2, 0.25) is 0 Å². The molecule has 0 aromatic heterocycles. The number of nitrogens with one attached hydrogen (secondary N) is 1. The number of piperazine rings is 1. The molecule has 4 nitrogen and oxygen atoms in total. The molecule has 100 valence electrons. The van der Waals surface area contributed by atoms with Crippen molar-refractivity contribution in [2.45, 2.75) is 40.2 Å². The normalized spacial score (nSPS) is 20.8. The monoisotopic (exact) mass is 241 g/mol. The lowest BCUT2D eigenvalue weighted by Crippen LogP contribution is -2.56. The van der Waals surface area contributed by atoms with Crippen molar-refractivity contribution in [2.24, 2.45) is 5.92 Å². The van der Waals surface area contributed by atoms with Gasteiger partial charge in [0.15, 0.2) is 0 Å². The zero-order chi connectivity index (χ0) is 12.8. The molecule has 1 saturated heterocycles. The highest BCUT2D eigenvalue weighted by Crippen LogP contribution is 2.11. The molecule has 0 aromatic carbocycles. The van der Waals surface area contributed by atoms with E-state index in [2.05, 4.69) is 19.2 Å². The van der Waals surface area contributed by atoms with Gasteiger partial charge in [0.1, 0.15) is 0 Å². The van der Waals surface area contributed by atoms with Crippen LogP contribution in [0, 0.1) is 5.92 Å². The van der Waals surface area contributed by atoms with Crippen LogP contribution in [0.4, 0.5) is 4.79 Å². The number of carbonyl (C=O) groups is 1. The fraction of sp³-hybridized carbons (Fsp3) is 0.923. The summed E-state index contributed by atoms with van der Waals surface area (Å²) in [5.41, 5.74) is 0. The van der Waals surface area contributed by atoms with E-state index in [9.17, 15) is 4.79 Å². The van der Waals surface area contributed by atoms with Gasteiger partial charge in [-0.2, -0.15) is 0 Å². The maximum absolute atomic E-state index is 12.2. The number of nitrogens with zero attached hydrogens (tertiary/aromatic N) is 2. The highest BCUT2D eigenvalue weighted by molar-refractivity contribution is 5.74. The number of hydrogen-bond acceptors (Lipinski definition) is 2. The van der Waals surface area contributed by atoms with Gasteiger partial charge in [0, 0.05) is 38.8 Å². The number of carbonyl (C=O) groups excluding carboxylic acids is 1. The predicted octanol–water partition coefficient (Wildman–Crippen LogP) is 1.77. The molecule has 1 N–H and O–H groups in total. The van der Waals surface area contributed by atoms with E-state index in [-0.39, 0.29) is 6.03 Å². The lowest BCUT2D eigenvalue weighted by molar-refractivity contribution is 0.137. The summed E-state index contributed by atoms with van der Waals surface area (Å²) in [5, 5.41) is 3.50. The molecule has 1 atom stereocenters. The third-order valence-electron chi connectivity index (χ3n) is 3.32. The van der Waals surface area contributed by atoms with Gasteiger partial charge in [-0.3, -0.25) is 0 Å². The van der Waals surface area contributed by atoms with Gasteiger partial charge in [-0.25, -0.2) is 4.79 Å². The smallest absolute Gasteiger partial charge is 0.320 e. The van der Waals surface area contributed by atoms with Crippen LogP contribution in [0.5, 0.6) is 0 Å². The zero-order valence-corrected chi connectivity index (χ0v) is 11.7. The van der Waals surface area contributed by atoms with Crippen molar-refractivity contribution in [1.82, 2.24) is 15.1 Å². The van der Waals surface area contributed by atoms with Crippen molar-refractivity contribution in [3.05, 3.63) is 0 Å². The van der Waals surface area contributed by atoms with E-state index in [1.165, 1.54) is 0 Å². The molecule has 4 heteroatoms. The topological polar surface area (TPSA) is 35.6 Å². The summed E-state index contributed by atoms with van der Waals surface area (Å²) in [5.74, 6) is 0.677. The largest absolute Gasteiger partial charge is 0.325 e. The second-order valence-corrected chi connectivity index (χ2v) is 5.18. The van der Waals surface area contributed by atoms with E-state index < -0.39 is 0 Å². The standard InChI is InChI=1S/C13H27N3O/c1-5-15(6-2)13(17)16-8-7-14-12(10-16)9-11(3)4/h11-12,14H,5-10H2,1-4H3. The number of hydrogen-bond donors (Lipinski definition) is 1. The molecular formula is C13H27N3O. The highest BCUT2D eigenvalue weighted by Gasteiger charge is 2.25. The van der Waals surface area contributed by atoms with Crippen LogP contribution < -0.4 is 5.32 Å². The van der Waals surface area contributed by atoms with Crippen molar-refractivity contribution < 1.29 is 4.79 Å². The Morgan fingerprint density at radius 1 is 1.41 bits per heavy atom. The predicted molar refractivity (Wildman–Crippen MR) is 71.1 cm³/mol. The molecule has 1 fully saturated rings. The Morgan fingerprint density at radius 2 is 2.06 bits per heavy atom. The van der Waals surface area contributed by atoms with Crippen LogP contribution in [0.3, 0.4) is 0 Å². The first-order valence-corrected chi connectivity index (χ1v) is 6.85. The Bertz CT molecular complexity index is 239. The molecule has 0 aromatic rings. The fourth-order valence-corrected chi connectivity index (χ4v) is 2.42. The third kappa shape index (κ3) is 4.19. The first-order valence-electron chi connectivity index (χ1n) is 6.85. The van der Waals surface area contributed by atoms with Crippen molar-refractivity contribution in [2.75, 3.05) is 32.7 Å². The number of rotatable bonds is 4. The first-order chi connectivity index (χ1) is 8.08. The summed E-state index contributed by atoms with van der Waals surface area (Å²) in [6.45, 7) is 12.7. The lowest BCUT2D eigenvalue weighted by atomic mass is 10.0. The molecule has 0 bridgehead atoms. The average Bonchev–Trinajstić information content (AvgIpc) is 2.30. The molecule has 2 amide bonds. The SMILES string of the molecule is CCN(CC)C(=O)N1CCNC(CC(C)C)C1. The molecule has 1 aliphatic heterocycles. The quantitative estimate of drug-likeness (QED) is 0.814. The number of urea groups is 1. The van der Waals surface area contributed by atoms with Crippen molar-refractivity contribution in [3.63, 3.8) is 0 Å². The second kappa shape index (κ2) is 6.84. The number of amides is 2. The van der Waals surface area contributed by atoms with Crippen LogP contribution in [0.15, 0.2) is 0 Å². The van der Waals surface area contributed by atoms with Gasteiger partial charge in [-0.1, -0.05) is 13.8 Å². The van der Waals surface area contributed by atoms with Crippen molar-refractivity contribution >= 4 is 6.03 Å². The van der Waals surface area contributed by atoms with Crippen LogP contribution in [0.25, 0.3) is 0 Å². The summed E-state index contributed by atoms with van der Waals surface area (Å²) in [7, 11) is 0. The minimum absolute atomic E-state index is 0.199. The lowest BCUT2D eigenvalue weighted by Gasteiger charge is -2.37. The maximum atomic E-state index is 12.2. The van der Waals surface area contributed by atoms with Crippen LogP contribution in [0.1, 0.15) is 34.1 Å². The minimum Gasteiger partial charge on any atom is -0.325 e. The molecule has 0 aliphatic carbocycles. The van der Waals surface area contributed by atoms with Crippen LogP contribution in [-0.2, 0) is 0 Å². The minimum atomic E-state index is 0.199. The van der Waals surface area contributed by atoms with Crippen LogP contribution in [-0.4, -0.2) is 54.6 Å². The fourth-order valence-electron chi connectivity index (χ4n) is 2.42. The van der Waals surface area contributed by atoms with E-state index in [1.807, 2.05) is 23.6 Å². The van der Waals surface area contributed by atoms with Gasteiger partial charge in [0.05, 0.1) is 0 Å². The maximum Gasteiger partial charge on any atom is 0.320 e. The van der Waals surface area contributed by atoms with Crippen LogP contribution >= 0.6 is 0 Å². The average molecular weight is 241 g/mol. The first kappa shape index (κ1) is 14.3. The highest BCUT2D eigenvalue weighted by atomic mass is 16.2. The van der Waals surface area contributed by atoms with Gasteiger partial charge >= 0.3 is 6.03 Å². The molecule has 0 saturated carbocycles. The van der Waals surface area contributed by atoms with E-state index in [0.717, 1.165) is 39.1 Å². The summed E-state index contributed by atoms with van der Waals surface area (Å²) in [4.78, 5) is 16.1. The Kier molecular flexibility index (Phi) is 5.75. The summed E-state index contributed by atoms with van der Waals surface area (Å²) < 4.78 is 0. The van der Waals surface area contributed by atoms with Gasteiger partial charge in [-0.05, 0) is 26.2 Å². The Morgan fingerprint density at radius 3 is 2.59 bits per heavy atom. The Labute approximate surface area is 105 Å². The second-order valence-electron chi connectivity index (χ2n) is 5.18. The van der Waals surface area contributed by atoms with Gasteiger partial charge in [0.25, 0.3) is 0 Å². The van der Waals surface area contributed by atoms with E-state index in [0.29, 0.717) is 12.0 Å². The molecule has 1 unspecified atom stereocenters. The molecule has 17 heavy (non-hydrogen) atoms. The molecule has 0 radical (unpaired) electrons. The molecule has 1 rings (SSSR count). The van der Waals surface area contributed by atoms with Gasteiger partial charge in [-0.15, -0.1) is 0 Å². The van der Waals surface area contributed by atoms with Crippen molar-refractivity contribution in [3.8, 4) is 0 Å². The van der Waals surface area contributed by atoms with Crippen molar-refractivity contribution in [1.29, 1.82) is 0 Å². The third-order valence-corrected chi connectivity index (χ3v) is 3.32. The van der Waals surface area contributed by atoms with E-state index in [1.54, 1.807) is 0 Å². The van der Waals surface area contributed by atoms with Gasteiger partial charge in [0.2, 0.25) is 0 Å². The molecule has 1 aliphatic rings. The Balaban J connectivity index is 2.50. The molecule has 1 heterocycles. The van der Waals surface area contributed by atoms with E-state index >= 15 is 0 Å². The molecular weight excluding hydrogens is 214 g/mol. The zero-order valence-electron chi connectivity index (χ0n) is 11.7. The molecule has 0 spiro atoms.